The molecule has 0 unspecified atom stereocenters. The minimum Gasteiger partial charge on any atom is -0.478 e. The SMILES string of the molecule is Cc1ccc(CN(C(=O)c2cc(C(=O)O)co2)C2CC2)cc1C. The Bertz CT molecular complexity index is 758. The number of amides is 1. The average Bonchev–Trinajstić information content (AvgIpc) is 3.22. The van der Waals surface area contributed by atoms with Gasteiger partial charge in [-0.15, -0.1) is 0 Å². The second kappa shape index (κ2) is 5.91. The van der Waals surface area contributed by atoms with Crippen molar-refractivity contribution in [1.29, 1.82) is 0 Å². The third-order valence-electron chi connectivity index (χ3n) is 4.23. The minimum absolute atomic E-state index is 0.00437. The van der Waals surface area contributed by atoms with Crippen LogP contribution in [0.1, 0.15) is 50.4 Å². The lowest BCUT2D eigenvalue weighted by Gasteiger charge is -2.21. The number of furan rings is 1. The van der Waals surface area contributed by atoms with E-state index in [1.165, 1.54) is 17.2 Å². The number of aryl methyl sites for hydroxylation is 2. The molecule has 1 fully saturated rings. The fraction of sp³-hybridized carbons (Fsp3) is 0.333. The van der Waals surface area contributed by atoms with E-state index in [9.17, 15) is 9.59 Å². The van der Waals surface area contributed by atoms with Gasteiger partial charge in [0.25, 0.3) is 5.91 Å². The molecule has 5 heteroatoms. The molecule has 1 amide bonds. The van der Waals surface area contributed by atoms with Crippen molar-refractivity contribution in [2.24, 2.45) is 0 Å². The van der Waals surface area contributed by atoms with Crippen molar-refractivity contribution in [1.82, 2.24) is 4.90 Å². The number of benzene rings is 1. The first-order valence-corrected chi connectivity index (χ1v) is 7.64. The first-order chi connectivity index (χ1) is 11.0. The lowest BCUT2D eigenvalue weighted by atomic mass is 10.1. The van der Waals surface area contributed by atoms with Crippen LogP contribution < -0.4 is 0 Å². The van der Waals surface area contributed by atoms with Gasteiger partial charge in [-0.05, 0) is 43.4 Å². The molecule has 0 radical (unpaired) electrons. The molecule has 1 aliphatic rings. The Kier molecular flexibility index (Phi) is 3.94. The van der Waals surface area contributed by atoms with Crippen LogP contribution >= 0.6 is 0 Å². The topological polar surface area (TPSA) is 70.8 Å². The van der Waals surface area contributed by atoms with Gasteiger partial charge in [0.2, 0.25) is 0 Å². The van der Waals surface area contributed by atoms with Crippen molar-refractivity contribution in [2.45, 2.75) is 39.3 Å². The largest absolute Gasteiger partial charge is 0.478 e. The Labute approximate surface area is 134 Å². The van der Waals surface area contributed by atoms with E-state index in [1.807, 2.05) is 13.0 Å². The standard InChI is InChI=1S/C18H19NO4/c1-11-3-4-13(7-12(11)2)9-19(15-5-6-15)17(20)16-8-14(10-23-16)18(21)22/h3-4,7-8,10,15H,5-6,9H2,1-2H3,(H,21,22). The average molecular weight is 313 g/mol. The van der Waals surface area contributed by atoms with E-state index in [4.69, 9.17) is 9.52 Å². The maximum atomic E-state index is 12.7. The fourth-order valence-electron chi connectivity index (χ4n) is 2.55. The Morgan fingerprint density at radius 2 is 1.96 bits per heavy atom. The summed E-state index contributed by atoms with van der Waals surface area (Å²) in [7, 11) is 0. The van der Waals surface area contributed by atoms with Gasteiger partial charge in [-0.25, -0.2) is 4.79 Å². The summed E-state index contributed by atoms with van der Waals surface area (Å²) in [5.74, 6) is -1.27. The molecule has 3 rings (SSSR count). The number of aromatic carboxylic acids is 1. The van der Waals surface area contributed by atoms with Gasteiger partial charge in [-0.3, -0.25) is 4.79 Å². The zero-order valence-corrected chi connectivity index (χ0v) is 13.2. The van der Waals surface area contributed by atoms with Gasteiger partial charge < -0.3 is 14.4 Å². The van der Waals surface area contributed by atoms with E-state index < -0.39 is 5.97 Å². The summed E-state index contributed by atoms with van der Waals surface area (Å²) in [5, 5.41) is 8.95. The molecule has 0 bridgehead atoms. The van der Waals surface area contributed by atoms with E-state index in [0.717, 1.165) is 24.7 Å². The van der Waals surface area contributed by atoms with E-state index >= 15 is 0 Å². The predicted octanol–water partition coefficient (Wildman–Crippen LogP) is 3.40. The van der Waals surface area contributed by atoms with E-state index in [-0.39, 0.29) is 23.3 Å². The molecule has 1 saturated carbocycles. The molecule has 1 aromatic carbocycles. The molecule has 0 spiro atoms. The fourth-order valence-corrected chi connectivity index (χ4v) is 2.55. The van der Waals surface area contributed by atoms with Crippen molar-refractivity contribution in [2.75, 3.05) is 0 Å². The maximum absolute atomic E-state index is 12.7. The van der Waals surface area contributed by atoms with Gasteiger partial charge >= 0.3 is 5.97 Å². The number of carboxylic acids is 1. The van der Waals surface area contributed by atoms with E-state index in [0.29, 0.717) is 6.54 Å². The molecular formula is C18H19NO4. The number of carbonyl (C=O) groups is 2. The van der Waals surface area contributed by atoms with Gasteiger partial charge in [-0.2, -0.15) is 0 Å². The second-order valence-corrected chi connectivity index (χ2v) is 6.09. The highest BCUT2D eigenvalue weighted by Crippen LogP contribution is 2.30. The van der Waals surface area contributed by atoms with Gasteiger partial charge in [0.15, 0.2) is 5.76 Å². The minimum atomic E-state index is -1.10. The highest BCUT2D eigenvalue weighted by atomic mass is 16.4. The van der Waals surface area contributed by atoms with Crippen molar-refractivity contribution in [3.63, 3.8) is 0 Å². The molecule has 120 valence electrons. The Hall–Kier alpha value is -2.56. The molecule has 5 nitrogen and oxygen atoms in total. The molecule has 23 heavy (non-hydrogen) atoms. The van der Waals surface area contributed by atoms with Crippen LogP contribution in [0.4, 0.5) is 0 Å². The molecule has 1 N–H and O–H groups in total. The van der Waals surface area contributed by atoms with Crippen LogP contribution in [0.5, 0.6) is 0 Å². The smallest absolute Gasteiger partial charge is 0.338 e. The van der Waals surface area contributed by atoms with Crippen LogP contribution in [0.15, 0.2) is 34.9 Å². The van der Waals surface area contributed by atoms with Crippen LogP contribution in [-0.2, 0) is 6.54 Å². The summed E-state index contributed by atoms with van der Waals surface area (Å²) in [4.78, 5) is 25.4. The number of nitrogens with zero attached hydrogens (tertiary/aromatic N) is 1. The van der Waals surface area contributed by atoms with Crippen LogP contribution in [0, 0.1) is 13.8 Å². The number of hydrogen-bond donors (Lipinski definition) is 1. The molecule has 1 heterocycles. The summed E-state index contributed by atoms with van der Waals surface area (Å²) < 4.78 is 5.16. The number of hydrogen-bond acceptors (Lipinski definition) is 3. The Balaban J connectivity index is 1.81. The third-order valence-corrected chi connectivity index (χ3v) is 4.23. The summed E-state index contributed by atoms with van der Waals surface area (Å²) in [6.07, 6.45) is 3.06. The van der Waals surface area contributed by atoms with Crippen LogP contribution in [0.3, 0.4) is 0 Å². The zero-order valence-electron chi connectivity index (χ0n) is 13.2. The second-order valence-electron chi connectivity index (χ2n) is 6.09. The third kappa shape index (κ3) is 3.28. The van der Waals surface area contributed by atoms with Crippen molar-refractivity contribution >= 4 is 11.9 Å². The molecule has 2 aromatic rings. The number of carboxylic acid groups (broad SMARTS) is 1. The zero-order chi connectivity index (χ0) is 16.6. The lowest BCUT2D eigenvalue weighted by molar-refractivity contribution is 0.0688. The van der Waals surface area contributed by atoms with E-state index in [2.05, 4.69) is 19.1 Å². The predicted molar refractivity (Wildman–Crippen MR) is 84.5 cm³/mol. The molecule has 0 saturated heterocycles. The summed E-state index contributed by atoms with van der Waals surface area (Å²) in [6, 6.07) is 7.66. The first kappa shape index (κ1) is 15.3. The Morgan fingerprint density at radius 3 is 2.52 bits per heavy atom. The van der Waals surface area contributed by atoms with Crippen molar-refractivity contribution in [3.05, 3.63) is 58.5 Å². The molecule has 1 aromatic heterocycles. The lowest BCUT2D eigenvalue weighted by Crippen LogP contribution is -2.32. The molecular weight excluding hydrogens is 294 g/mol. The van der Waals surface area contributed by atoms with Gasteiger partial charge in [0, 0.05) is 18.7 Å². The molecule has 0 atom stereocenters. The monoisotopic (exact) mass is 313 g/mol. The molecule has 1 aliphatic carbocycles. The van der Waals surface area contributed by atoms with Crippen LogP contribution in [0.2, 0.25) is 0 Å². The van der Waals surface area contributed by atoms with Crippen molar-refractivity contribution < 1.29 is 19.1 Å². The van der Waals surface area contributed by atoms with E-state index in [1.54, 1.807) is 4.90 Å². The summed E-state index contributed by atoms with van der Waals surface area (Å²) in [5.41, 5.74) is 3.47. The Morgan fingerprint density at radius 1 is 1.22 bits per heavy atom. The molecule has 0 aliphatic heterocycles. The summed E-state index contributed by atoms with van der Waals surface area (Å²) in [6.45, 7) is 4.61. The summed E-state index contributed by atoms with van der Waals surface area (Å²) >= 11 is 0. The first-order valence-electron chi connectivity index (χ1n) is 7.64. The highest BCUT2D eigenvalue weighted by molar-refractivity contribution is 5.95. The van der Waals surface area contributed by atoms with Crippen LogP contribution in [0.25, 0.3) is 0 Å². The maximum Gasteiger partial charge on any atom is 0.338 e. The number of carbonyl (C=O) groups excluding carboxylic acids is 1. The van der Waals surface area contributed by atoms with Gasteiger partial charge in [-0.1, -0.05) is 18.2 Å². The van der Waals surface area contributed by atoms with Crippen molar-refractivity contribution in [3.8, 4) is 0 Å². The number of rotatable bonds is 5. The van der Waals surface area contributed by atoms with Crippen LogP contribution in [-0.4, -0.2) is 27.9 Å². The normalized spacial score (nSPS) is 13.8. The highest BCUT2D eigenvalue weighted by Gasteiger charge is 2.34. The van der Waals surface area contributed by atoms with Gasteiger partial charge in [0.05, 0.1) is 5.56 Å². The van der Waals surface area contributed by atoms with Gasteiger partial charge in [0.1, 0.15) is 6.26 Å². The quantitative estimate of drug-likeness (QED) is 0.918.